The maximum absolute atomic E-state index is 4.49. The molecule has 5 nitrogen and oxygen atoms in total. The number of aliphatic imine (C=N–C) groups is 1. The van der Waals surface area contributed by atoms with Crippen LogP contribution in [0.1, 0.15) is 24.2 Å². The van der Waals surface area contributed by atoms with Crippen LogP contribution >= 0.6 is 35.7 Å². The lowest BCUT2D eigenvalue weighted by Gasteiger charge is -2.12. The SMILES string of the molecule is CN=C(NCCCCSC)NCCc1nccn1Cc1ccccc1.I. The molecule has 0 bridgehead atoms. The number of aromatic nitrogens is 2. The van der Waals surface area contributed by atoms with Crippen LogP contribution in [0, 0.1) is 0 Å². The Labute approximate surface area is 178 Å². The Kier molecular flexibility index (Phi) is 12.2. The second kappa shape index (κ2) is 13.9. The van der Waals surface area contributed by atoms with Crippen LogP contribution in [-0.4, -0.2) is 47.7 Å². The Balaban J connectivity index is 0.00000338. The van der Waals surface area contributed by atoms with Gasteiger partial charge in [0.25, 0.3) is 0 Å². The Morgan fingerprint density at radius 1 is 1.15 bits per heavy atom. The Morgan fingerprint density at radius 2 is 1.92 bits per heavy atom. The van der Waals surface area contributed by atoms with Crippen LogP contribution in [0.2, 0.25) is 0 Å². The molecule has 0 amide bonds. The number of rotatable bonds is 10. The topological polar surface area (TPSA) is 54.2 Å². The van der Waals surface area contributed by atoms with Crippen molar-refractivity contribution in [3.05, 3.63) is 54.1 Å². The van der Waals surface area contributed by atoms with Gasteiger partial charge in [-0.1, -0.05) is 30.3 Å². The van der Waals surface area contributed by atoms with Gasteiger partial charge in [0.2, 0.25) is 0 Å². The first-order valence-electron chi connectivity index (χ1n) is 8.81. The maximum Gasteiger partial charge on any atom is 0.190 e. The fraction of sp³-hybridized carbons (Fsp3) is 0.474. The molecule has 7 heteroatoms. The average Bonchev–Trinajstić information content (AvgIpc) is 3.08. The van der Waals surface area contributed by atoms with E-state index in [9.17, 15) is 0 Å². The van der Waals surface area contributed by atoms with E-state index in [4.69, 9.17) is 0 Å². The first-order valence-corrected chi connectivity index (χ1v) is 10.2. The molecule has 0 aliphatic carbocycles. The molecule has 0 fully saturated rings. The first kappa shape index (κ1) is 22.8. The Bertz CT molecular complexity index is 630. The van der Waals surface area contributed by atoms with Crippen molar-refractivity contribution in [3.8, 4) is 0 Å². The number of benzene rings is 1. The van der Waals surface area contributed by atoms with Gasteiger partial charge >= 0.3 is 0 Å². The third kappa shape index (κ3) is 8.44. The summed E-state index contributed by atoms with van der Waals surface area (Å²) in [6, 6.07) is 10.5. The Morgan fingerprint density at radius 3 is 2.65 bits per heavy atom. The van der Waals surface area contributed by atoms with E-state index >= 15 is 0 Å². The molecule has 1 heterocycles. The van der Waals surface area contributed by atoms with Crippen LogP contribution in [0.5, 0.6) is 0 Å². The summed E-state index contributed by atoms with van der Waals surface area (Å²) < 4.78 is 2.20. The summed E-state index contributed by atoms with van der Waals surface area (Å²) in [5.74, 6) is 3.18. The van der Waals surface area contributed by atoms with Gasteiger partial charge in [0.1, 0.15) is 5.82 Å². The van der Waals surface area contributed by atoms with Crippen molar-refractivity contribution in [3.63, 3.8) is 0 Å². The van der Waals surface area contributed by atoms with Crippen molar-refractivity contribution >= 4 is 41.7 Å². The third-order valence-electron chi connectivity index (χ3n) is 3.93. The monoisotopic (exact) mass is 487 g/mol. The predicted molar refractivity (Wildman–Crippen MR) is 124 cm³/mol. The number of nitrogens with zero attached hydrogens (tertiary/aromatic N) is 3. The number of unbranched alkanes of at least 4 members (excludes halogenated alkanes) is 1. The van der Waals surface area contributed by atoms with Crippen LogP contribution in [0.25, 0.3) is 0 Å². The molecule has 26 heavy (non-hydrogen) atoms. The highest BCUT2D eigenvalue weighted by Gasteiger charge is 2.04. The van der Waals surface area contributed by atoms with Crippen molar-refractivity contribution in [1.82, 2.24) is 20.2 Å². The highest BCUT2D eigenvalue weighted by Crippen LogP contribution is 2.05. The van der Waals surface area contributed by atoms with Gasteiger partial charge in [-0.3, -0.25) is 4.99 Å². The van der Waals surface area contributed by atoms with Gasteiger partial charge in [-0.2, -0.15) is 11.8 Å². The quantitative estimate of drug-likeness (QED) is 0.234. The molecule has 0 saturated heterocycles. The third-order valence-corrected chi connectivity index (χ3v) is 4.63. The second-order valence-electron chi connectivity index (χ2n) is 5.83. The Hall–Kier alpha value is -1.22. The standard InChI is InChI=1S/C19H29N5S.HI/c1-20-19(22-11-6-7-15-25-2)23-12-10-18-21-13-14-24(18)16-17-8-4-3-5-9-17;/h3-5,8-9,13-14H,6-7,10-12,15-16H2,1-2H3,(H2,20,22,23);1H. The second-order valence-corrected chi connectivity index (χ2v) is 6.82. The van der Waals surface area contributed by atoms with Crippen molar-refractivity contribution in [2.24, 2.45) is 4.99 Å². The number of hydrogen-bond acceptors (Lipinski definition) is 3. The van der Waals surface area contributed by atoms with Crippen LogP contribution in [0.3, 0.4) is 0 Å². The number of hydrogen-bond donors (Lipinski definition) is 2. The van der Waals surface area contributed by atoms with Gasteiger partial charge in [0, 0.05) is 45.5 Å². The molecule has 0 spiro atoms. The van der Waals surface area contributed by atoms with Crippen molar-refractivity contribution < 1.29 is 0 Å². The van der Waals surface area contributed by atoms with Gasteiger partial charge in [-0.05, 0) is 30.4 Å². The summed E-state index contributed by atoms with van der Waals surface area (Å²) >= 11 is 1.90. The molecule has 0 radical (unpaired) electrons. The highest BCUT2D eigenvalue weighted by molar-refractivity contribution is 14.0. The zero-order chi connectivity index (χ0) is 17.7. The summed E-state index contributed by atoms with van der Waals surface area (Å²) in [5, 5.41) is 6.74. The minimum Gasteiger partial charge on any atom is -0.356 e. The van der Waals surface area contributed by atoms with Gasteiger partial charge in [0.15, 0.2) is 5.96 Å². The first-order chi connectivity index (χ1) is 12.3. The largest absolute Gasteiger partial charge is 0.356 e. The molecular formula is C19H30IN5S. The molecule has 2 rings (SSSR count). The number of thioether (sulfide) groups is 1. The fourth-order valence-electron chi connectivity index (χ4n) is 2.58. The fourth-order valence-corrected chi connectivity index (χ4v) is 3.08. The van der Waals surface area contributed by atoms with Crippen LogP contribution in [0.15, 0.2) is 47.7 Å². The van der Waals surface area contributed by atoms with E-state index < -0.39 is 0 Å². The van der Waals surface area contributed by atoms with Gasteiger partial charge < -0.3 is 15.2 Å². The smallest absolute Gasteiger partial charge is 0.190 e. The molecule has 144 valence electrons. The summed E-state index contributed by atoms with van der Waals surface area (Å²) in [6.07, 6.45) is 9.34. The number of guanidine groups is 1. The lowest BCUT2D eigenvalue weighted by Crippen LogP contribution is -2.39. The molecular weight excluding hydrogens is 457 g/mol. The van der Waals surface area contributed by atoms with Crippen LogP contribution in [-0.2, 0) is 13.0 Å². The number of imidazole rings is 1. The minimum absolute atomic E-state index is 0. The summed E-state index contributed by atoms with van der Waals surface area (Å²) in [6.45, 7) is 2.64. The van der Waals surface area contributed by atoms with E-state index in [2.05, 4.69) is 55.7 Å². The summed E-state index contributed by atoms with van der Waals surface area (Å²) in [4.78, 5) is 8.77. The molecule has 2 aromatic rings. The van der Waals surface area contributed by atoms with Gasteiger partial charge in [-0.25, -0.2) is 4.98 Å². The molecule has 1 aromatic heterocycles. The molecule has 0 unspecified atom stereocenters. The molecule has 2 N–H and O–H groups in total. The van der Waals surface area contributed by atoms with Gasteiger partial charge in [-0.15, -0.1) is 24.0 Å². The lowest BCUT2D eigenvalue weighted by molar-refractivity contribution is 0.688. The number of nitrogens with one attached hydrogen (secondary N) is 2. The van der Waals surface area contributed by atoms with Crippen molar-refractivity contribution in [2.75, 3.05) is 32.1 Å². The molecule has 0 aliphatic heterocycles. The minimum atomic E-state index is 0. The van der Waals surface area contributed by atoms with E-state index in [1.54, 1.807) is 0 Å². The maximum atomic E-state index is 4.49. The molecule has 0 aliphatic rings. The zero-order valence-electron chi connectivity index (χ0n) is 15.6. The normalized spacial score (nSPS) is 11.1. The van der Waals surface area contributed by atoms with Crippen molar-refractivity contribution in [1.29, 1.82) is 0 Å². The molecule has 0 atom stereocenters. The average molecular weight is 487 g/mol. The lowest BCUT2D eigenvalue weighted by atomic mass is 10.2. The summed E-state index contributed by atoms with van der Waals surface area (Å²) in [5.41, 5.74) is 1.29. The predicted octanol–water partition coefficient (Wildman–Crippen LogP) is 3.40. The van der Waals surface area contributed by atoms with E-state index in [0.717, 1.165) is 37.8 Å². The van der Waals surface area contributed by atoms with Gasteiger partial charge in [0.05, 0.1) is 0 Å². The zero-order valence-corrected chi connectivity index (χ0v) is 18.8. The van der Waals surface area contributed by atoms with Crippen LogP contribution in [0.4, 0.5) is 0 Å². The summed E-state index contributed by atoms with van der Waals surface area (Å²) in [7, 11) is 1.81. The molecule has 0 saturated carbocycles. The van der Waals surface area contributed by atoms with E-state index in [1.807, 2.05) is 37.3 Å². The number of halogens is 1. The van der Waals surface area contributed by atoms with E-state index in [1.165, 1.54) is 24.2 Å². The van der Waals surface area contributed by atoms with E-state index in [-0.39, 0.29) is 24.0 Å². The van der Waals surface area contributed by atoms with Crippen LogP contribution < -0.4 is 10.6 Å². The van der Waals surface area contributed by atoms with E-state index in [0.29, 0.717) is 0 Å². The highest BCUT2D eigenvalue weighted by atomic mass is 127. The van der Waals surface area contributed by atoms with Crippen molar-refractivity contribution in [2.45, 2.75) is 25.8 Å². The molecule has 1 aromatic carbocycles.